The summed E-state index contributed by atoms with van der Waals surface area (Å²) in [5.41, 5.74) is 1.86. The maximum atomic E-state index is 10.4. The number of anilines is 1. The summed E-state index contributed by atoms with van der Waals surface area (Å²) in [6.45, 7) is 8.83. The van der Waals surface area contributed by atoms with Crippen LogP contribution in [0.15, 0.2) is 28.8 Å². The monoisotopic (exact) mass is 304 g/mol. The van der Waals surface area contributed by atoms with Crippen molar-refractivity contribution in [2.24, 2.45) is 4.58 Å². The molecule has 0 saturated carbocycles. The van der Waals surface area contributed by atoms with Gasteiger partial charge in [0.1, 0.15) is 0 Å². The van der Waals surface area contributed by atoms with Crippen molar-refractivity contribution in [3.63, 3.8) is 0 Å². The van der Waals surface area contributed by atoms with Gasteiger partial charge in [0, 0.05) is 59.7 Å². The maximum Gasteiger partial charge on any atom is 0.0991 e. The number of hydrogen-bond donors (Lipinski definition) is 0. The van der Waals surface area contributed by atoms with Crippen molar-refractivity contribution < 1.29 is 0 Å². The van der Waals surface area contributed by atoms with E-state index in [1.807, 2.05) is 38.1 Å². The highest BCUT2D eigenvalue weighted by molar-refractivity contribution is 7.99. The number of piperazine rings is 1. The van der Waals surface area contributed by atoms with Crippen molar-refractivity contribution in [2.75, 3.05) is 37.6 Å². The topological polar surface area (TPSA) is 59.7 Å². The highest BCUT2D eigenvalue weighted by Gasteiger charge is 2.26. The molecule has 0 aliphatic carbocycles. The smallest absolute Gasteiger partial charge is 0.0991 e. The van der Waals surface area contributed by atoms with E-state index in [1.54, 1.807) is 0 Å². The minimum Gasteiger partial charge on any atom is -0.369 e. The molecule has 1 aromatic rings. The van der Waals surface area contributed by atoms with Crippen LogP contribution in [0.2, 0.25) is 0 Å². The molecule has 21 heavy (non-hydrogen) atoms. The molecule has 1 saturated heterocycles. The van der Waals surface area contributed by atoms with Crippen molar-refractivity contribution in [1.82, 2.24) is 4.90 Å². The van der Waals surface area contributed by atoms with Crippen LogP contribution < -0.4 is 4.90 Å². The van der Waals surface area contributed by atoms with Gasteiger partial charge in [-0.3, -0.25) is 4.90 Å². The minimum absolute atomic E-state index is 0.141. The Balaban J connectivity index is 1.88. The Labute approximate surface area is 130 Å². The zero-order chi connectivity index (χ0) is 15.3. The number of nitriles is 1. The van der Waals surface area contributed by atoms with E-state index in [9.17, 15) is 4.91 Å². The molecule has 0 amide bonds. The van der Waals surface area contributed by atoms with Gasteiger partial charge < -0.3 is 4.90 Å². The lowest BCUT2D eigenvalue weighted by Crippen LogP contribution is -2.49. The fraction of sp³-hybridized carbons (Fsp3) is 0.533. The molecule has 0 unspecified atom stereocenters. The van der Waals surface area contributed by atoms with Crippen LogP contribution in [0.1, 0.15) is 19.4 Å². The van der Waals surface area contributed by atoms with Crippen molar-refractivity contribution >= 4 is 17.6 Å². The molecule has 0 radical (unpaired) electrons. The second kappa shape index (κ2) is 6.92. The summed E-state index contributed by atoms with van der Waals surface area (Å²) in [6, 6.07) is 9.86. The van der Waals surface area contributed by atoms with Gasteiger partial charge in [-0.15, -0.1) is 4.91 Å². The predicted molar refractivity (Wildman–Crippen MR) is 87.3 cm³/mol. The molecule has 5 nitrogen and oxygen atoms in total. The lowest BCUT2D eigenvalue weighted by Gasteiger charge is -2.38. The average molecular weight is 304 g/mol. The van der Waals surface area contributed by atoms with Gasteiger partial charge in [-0.2, -0.15) is 5.26 Å². The highest BCUT2D eigenvalue weighted by atomic mass is 32.2. The summed E-state index contributed by atoms with van der Waals surface area (Å²) in [5.74, 6) is 0. The van der Waals surface area contributed by atoms with Crippen LogP contribution in [-0.4, -0.2) is 42.4 Å². The van der Waals surface area contributed by atoms with Crippen molar-refractivity contribution in [3.8, 4) is 6.07 Å². The van der Waals surface area contributed by atoms with E-state index in [1.165, 1.54) is 0 Å². The molecule has 0 bridgehead atoms. The normalized spacial score (nSPS) is 16.5. The molecule has 0 N–H and O–H groups in total. The zero-order valence-electron chi connectivity index (χ0n) is 12.5. The van der Waals surface area contributed by atoms with E-state index >= 15 is 0 Å². The molecule has 0 atom stereocenters. The van der Waals surface area contributed by atoms with Crippen LogP contribution in [0.4, 0.5) is 5.69 Å². The van der Waals surface area contributed by atoms with E-state index in [-0.39, 0.29) is 4.75 Å². The lowest BCUT2D eigenvalue weighted by atomic mass is 10.1. The van der Waals surface area contributed by atoms with Crippen LogP contribution in [0, 0.1) is 16.2 Å². The van der Waals surface area contributed by atoms with Gasteiger partial charge in [-0.1, -0.05) is 0 Å². The van der Waals surface area contributed by atoms with Gasteiger partial charge in [0.05, 0.1) is 11.6 Å². The molecular weight excluding hydrogens is 284 g/mol. The zero-order valence-corrected chi connectivity index (χ0v) is 13.3. The summed E-state index contributed by atoms with van der Waals surface area (Å²) in [6.07, 6.45) is 0. The average Bonchev–Trinajstić information content (AvgIpc) is 2.48. The molecule has 2 rings (SSSR count). The molecule has 1 aromatic carbocycles. The lowest BCUT2D eigenvalue weighted by molar-refractivity contribution is 0.241. The number of nitrogens with zero attached hydrogens (tertiary/aromatic N) is 4. The quantitative estimate of drug-likeness (QED) is 0.618. The summed E-state index contributed by atoms with van der Waals surface area (Å²) in [5, 5.41) is 8.82. The third-order valence-corrected chi connectivity index (χ3v) is 4.32. The molecule has 1 aliphatic rings. The third kappa shape index (κ3) is 4.45. The largest absolute Gasteiger partial charge is 0.369 e. The Bertz CT molecular complexity index is 515. The van der Waals surface area contributed by atoms with Gasteiger partial charge in [0.2, 0.25) is 0 Å². The Hall–Kier alpha value is -1.58. The molecular formula is C15H20N4OS. The summed E-state index contributed by atoms with van der Waals surface area (Å²) >= 11 is 1.11. The Morgan fingerprint density at radius 3 is 2.38 bits per heavy atom. The summed E-state index contributed by atoms with van der Waals surface area (Å²) in [7, 11) is 0. The summed E-state index contributed by atoms with van der Waals surface area (Å²) < 4.78 is 2.81. The predicted octanol–water partition coefficient (Wildman–Crippen LogP) is 2.87. The van der Waals surface area contributed by atoms with Crippen molar-refractivity contribution in [1.29, 1.82) is 5.26 Å². The number of hydrogen-bond acceptors (Lipinski definition) is 6. The molecule has 1 fully saturated rings. The third-order valence-electron chi connectivity index (χ3n) is 3.62. The van der Waals surface area contributed by atoms with Crippen molar-refractivity contribution in [3.05, 3.63) is 34.7 Å². The van der Waals surface area contributed by atoms with Crippen LogP contribution in [0.5, 0.6) is 0 Å². The van der Waals surface area contributed by atoms with Gasteiger partial charge in [0.15, 0.2) is 0 Å². The second-order valence-corrected chi connectivity index (χ2v) is 7.28. The standard InChI is InChI=1S/C15H20N4OS/c1-15(2,21-17-20)12-18-7-9-19(10-8-18)14-5-3-13(11-16)4-6-14/h3-6H,7-10,12H2,1-2H3. The molecule has 112 valence electrons. The van der Waals surface area contributed by atoms with Gasteiger partial charge in [-0.25, -0.2) is 0 Å². The van der Waals surface area contributed by atoms with E-state index in [0.717, 1.165) is 50.4 Å². The highest BCUT2D eigenvalue weighted by Crippen LogP contribution is 2.27. The molecule has 1 heterocycles. The van der Waals surface area contributed by atoms with Crippen LogP contribution in [0.25, 0.3) is 0 Å². The molecule has 0 aromatic heterocycles. The SMILES string of the molecule is CC(C)(CN1CCN(c2ccc(C#N)cc2)CC1)SN=O. The van der Waals surface area contributed by atoms with Crippen LogP contribution >= 0.6 is 11.9 Å². The van der Waals surface area contributed by atoms with E-state index in [4.69, 9.17) is 5.26 Å². The van der Waals surface area contributed by atoms with E-state index in [0.29, 0.717) is 5.56 Å². The Kier molecular flexibility index (Phi) is 5.21. The molecule has 1 aliphatic heterocycles. The van der Waals surface area contributed by atoms with Crippen LogP contribution in [0.3, 0.4) is 0 Å². The minimum atomic E-state index is -0.141. The van der Waals surface area contributed by atoms with Crippen LogP contribution in [-0.2, 0) is 0 Å². The Morgan fingerprint density at radius 2 is 1.86 bits per heavy atom. The molecule has 6 heteroatoms. The first-order valence-corrected chi connectivity index (χ1v) is 7.80. The number of benzene rings is 1. The van der Waals surface area contributed by atoms with Gasteiger partial charge in [-0.05, 0) is 38.1 Å². The first-order valence-electron chi connectivity index (χ1n) is 7.02. The molecule has 0 spiro atoms. The van der Waals surface area contributed by atoms with Gasteiger partial charge >= 0.3 is 0 Å². The van der Waals surface area contributed by atoms with E-state index in [2.05, 4.69) is 20.5 Å². The second-order valence-electron chi connectivity index (χ2n) is 5.85. The van der Waals surface area contributed by atoms with E-state index < -0.39 is 0 Å². The summed E-state index contributed by atoms with van der Waals surface area (Å²) in [4.78, 5) is 15.1. The maximum absolute atomic E-state index is 10.4. The first-order chi connectivity index (χ1) is 10.0. The van der Waals surface area contributed by atoms with Crippen molar-refractivity contribution in [2.45, 2.75) is 18.6 Å². The fourth-order valence-electron chi connectivity index (χ4n) is 2.58. The van der Waals surface area contributed by atoms with Gasteiger partial charge in [0.25, 0.3) is 0 Å². The Morgan fingerprint density at radius 1 is 1.24 bits per heavy atom. The first kappa shape index (κ1) is 15.8. The number of nitroso groups, excluding NO2 is 1. The fourth-order valence-corrected chi connectivity index (χ4v) is 3.02. The number of rotatable bonds is 5.